The lowest BCUT2D eigenvalue weighted by Gasteiger charge is -2.48. The van der Waals surface area contributed by atoms with E-state index < -0.39 is 11.4 Å². The minimum absolute atomic E-state index is 0.0899. The van der Waals surface area contributed by atoms with Crippen molar-refractivity contribution in [3.63, 3.8) is 0 Å². The normalized spacial score (nSPS) is 25.7. The number of likely N-dealkylation sites (tertiary alicyclic amines) is 1. The average Bonchev–Trinajstić information content (AvgIpc) is 3.41. The Morgan fingerprint density at radius 2 is 2.07 bits per heavy atom. The van der Waals surface area contributed by atoms with Gasteiger partial charge < -0.3 is 5.11 Å². The number of aryl methyl sites for hydroxylation is 1. The fourth-order valence-corrected chi connectivity index (χ4v) is 6.10. The number of fused-ring (bicyclic) bond motifs is 1. The van der Waals surface area contributed by atoms with Crippen molar-refractivity contribution in [3.8, 4) is 0 Å². The number of hydrogen-bond donors (Lipinski definition) is 1. The van der Waals surface area contributed by atoms with Gasteiger partial charge in [0, 0.05) is 30.4 Å². The van der Waals surface area contributed by atoms with E-state index in [1.807, 2.05) is 0 Å². The van der Waals surface area contributed by atoms with Crippen LogP contribution < -0.4 is 0 Å². The maximum absolute atomic E-state index is 12.4. The molecule has 2 aromatic rings. The lowest BCUT2D eigenvalue weighted by atomic mass is 9.65. The zero-order chi connectivity index (χ0) is 21.7. The van der Waals surface area contributed by atoms with Crippen LogP contribution in [0.3, 0.4) is 0 Å². The van der Waals surface area contributed by atoms with E-state index in [1.54, 1.807) is 11.3 Å². The highest BCUT2D eigenvalue weighted by atomic mass is 32.1. The van der Waals surface area contributed by atoms with Crippen LogP contribution in [-0.4, -0.2) is 39.0 Å². The van der Waals surface area contributed by atoms with Gasteiger partial charge in [-0.25, -0.2) is 9.97 Å². The van der Waals surface area contributed by atoms with E-state index in [0.717, 1.165) is 48.4 Å². The minimum atomic E-state index is -0.645. The molecule has 1 saturated carbocycles. The number of thiophene rings is 1. The highest BCUT2D eigenvalue weighted by Crippen LogP contribution is 2.45. The Bertz CT molecular complexity index is 944. The third kappa shape index (κ3) is 4.26. The van der Waals surface area contributed by atoms with Gasteiger partial charge in [-0.05, 0) is 50.0 Å². The molecule has 0 bridgehead atoms. The Labute approximate surface area is 183 Å². The molecule has 4 rings (SSSR count). The first kappa shape index (κ1) is 21.7. The molecule has 5 nitrogen and oxygen atoms in total. The Morgan fingerprint density at radius 3 is 2.67 bits per heavy atom. The first-order chi connectivity index (χ1) is 14.1. The van der Waals surface area contributed by atoms with Crippen molar-refractivity contribution < 1.29 is 9.90 Å². The van der Waals surface area contributed by atoms with Crippen molar-refractivity contribution in [1.82, 2.24) is 14.9 Å². The summed E-state index contributed by atoms with van der Waals surface area (Å²) in [6, 6.07) is 2.17. The Kier molecular flexibility index (Phi) is 5.69. The molecule has 1 aliphatic heterocycles. The van der Waals surface area contributed by atoms with E-state index in [9.17, 15) is 9.90 Å². The molecule has 0 spiro atoms. The summed E-state index contributed by atoms with van der Waals surface area (Å²) in [4.78, 5) is 26.8. The van der Waals surface area contributed by atoms with Gasteiger partial charge in [-0.1, -0.05) is 34.1 Å². The average molecular weight is 430 g/mol. The summed E-state index contributed by atoms with van der Waals surface area (Å²) in [5.41, 5.74) is 2.67. The number of piperidine rings is 1. The van der Waals surface area contributed by atoms with E-state index in [4.69, 9.17) is 9.97 Å². The van der Waals surface area contributed by atoms with Gasteiger partial charge in [-0.2, -0.15) is 0 Å². The molecular formula is C24H35N3O2S. The van der Waals surface area contributed by atoms with Crippen molar-refractivity contribution in [2.24, 2.45) is 16.7 Å². The summed E-state index contributed by atoms with van der Waals surface area (Å²) in [5, 5.41) is 10.2. The molecule has 2 atom stereocenters. The van der Waals surface area contributed by atoms with Crippen molar-refractivity contribution >= 4 is 27.7 Å². The molecule has 30 heavy (non-hydrogen) atoms. The molecular weight excluding hydrogens is 394 g/mol. The van der Waals surface area contributed by atoms with Gasteiger partial charge in [-0.3, -0.25) is 9.69 Å². The zero-order valence-corrected chi connectivity index (χ0v) is 19.8. The van der Waals surface area contributed by atoms with Gasteiger partial charge in [0.2, 0.25) is 0 Å². The van der Waals surface area contributed by atoms with Gasteiger partial charge in [0.05, 0.1) is 16.8 Å². The van der Waals surface area contributed by atoms with Crippen LogP contribution in [0.1, 0.15) is 82.0 Å². The van der Waals surface area contributed by atoms with E-state index >= 15 is 0 Å². The molecule has 1 aliphatic carbocycles. The number of nitrogens with zero attached hydrogens (tertiary/aromatic N) is 3. The molecule has 0 unspecified atom stereocenters. The van der Waals surface area contributed by atoms with Gasteiger partial charge in [0.25, 0.3) is 0 Å². The van der Waals surface area contributed by atoms with Crippen LogP contribution in [-0.2, 0) is 11.3 Å². The van der Waals surface area contributed by atoms with Crippen LogP contribution >= 0.6 is 11.3 Å². The largest absolute Gasteiger partial charge is 0.481 e. The lowest BCUT2D eigenvalue weighted by Crippen LogP contribution is -2.53. The summed E-state index contributed by atoms with van der Waals surface area (Å²) in [6.45, 7) is 13.3. The summed E-state index contributed by atoms with van der Waals surface area (Å²) in [7, 11) is 0. The van der Waals surface area contributed by atoms with E-state index in [1.165, 1.54) is 23.4 Å². The van der Waals surface area contributed by atoms with Crippen molar-refractivity contribution in [1.29, 1.82) is 0 Å². The molecule has 1 saturated heterocycles. The number of aliphatic carboxylic acids is 1. The minimum Gasteiger partial charge on any atom is -0.481 e. The SMILES string of the molecule is CCC[C@@]1(C(=O)O)C[C@@H](C(C)(C)C)CN(Cc2cc3nc(C)c(C4CC4)nc3s2)C1. The van der Waals surface area contributed by atoms with Crippen LogP contribution in [0, 0.1) is 23.7 Å². The van der Waals surface area contributed by atoms with E-state index in [2.05, 4.69) is 45.6 Å². The fraction of sp³-hybridized carbons (Fsp3) is 0.708. The number of aromatic nitrogens is 2. The monoisotopic (exact) mass is 429 g/mol. The number of rotatable bonds is 6. The van der Waals surface area contributed by atoms with Crippen molar-refractivity contribution in [2.45, 2.75) is 79.2 Å². The van der Waals surface area contributed by atoms with Gasteiger partial charge in [0.1, 0.15) is 10.3 Å². The molecule has 2 fully saturated rings. The smallest absolute Gasteiger partial charge is 0.310 e. The summed E-state index contributed by atoms with van der Waals surface area (Å²) in [5.74, 6) is 0.336. The number of carboxylic acid groups (broad SMARTS) is 1. The highest BCUT2D eigenvalue weighted by molar-refractivity contribution is 7.18. The topological polar surface area (TPSA) is 66.3 Å². The molecule has 2 aliphatic rings. The molecule has 164 valence electrons. The molecule has 6 heteroatoms. The van der Waals surface area contributed by atoms with Gasteiger partial charge >= 0.3 is 5.97 Å². The third-order valence-corrected chi connectivity index (χ3v) is 8.02. The van der Waals surface area contributed by atoms with E-state index in [0.29, 0.717) is 18.4 Å². The summed E-state index contributed by atoms with van der Waals surface area (Å²) in [6.07, 6.45) is 4.88. The zero-order valence-electron chi connectivity index (χ0n) is 19.0. The summed E-state index contributed by atoms with van der Waals surface area (Å²) < 4.78 is 0. The van der Waals surface area contributed by atoms with Crippen LogP contribution in [0.2, 0.25) is 0 Å². The second kappa shape index (κ2) is 7.86. The molecule has 1 N–H and O–H groups in total. The molecule has 3 heterocycles. The van der Waals surface area contributed by atoms with E-state index in [-0.39, 0.29) is 5.41 Å². The Hall–Kier alpha value is -1.53. The van der Waals surface area contributed by atoms with Gasteiger partial charge in [-0.15, -0.1) is 11.3 Å². The van der Waals surface area contributed by atoms with Crippen LogP contribution in [0.15, 0.2) is 6.07 Å². The van der Waals surface area contributed by atoms with Gasteiger partial charge in [0.15, 0.2) is 0 Å². The lowest BCUT2D eigenvalue weighted by molar-refractivity contribution is -0.156. The maximum atomic E-state index is 12.4. The predicted molar refractivity (Wildman–Crippen MR) is 122 cm³/mol. The molecule has 0 aromatic carbocycles. The molecule has 0 radical (unpaired) electrons. The first-order valence-electron chi connectivity index (χ1n) is 11.3. The fourth-order valence-electron chi connectivity index (χ4n) is 5.08. The van der Waals surface area contributed by atoms with Crippen LogP contribution in [0.4, 0.5) is 0 Å². The Balaban J connectivity index is 1.61. The molecule has 0 amide bonds. The molecule has 2 aromatic heterocycles. The number of hydrogen-bond acceptors (Lipinski definition) is 5. The number of carboxylic acids is 1. The van der Waals surface area contributed by atoms with Crippen LogP contribution in [0.25, 0.3) is 10.3 Å². The summed E-state index contributed by atoms with van der Waals surface area (Å²) >= 11 is 1.73. The standard InChI is InChI=1S/C24H35N3O2S/c1-6-9-24(22(28)29)11-17(23(3,4)5)12-27(14-24)13-18-10-19-21(30-18)26-20(15(2)25-19)16-7-8-16/h10,16-17H,6-9,11-14H2,1-5H3,(H,28,29)/t17-,24-/m1/s1. The van der Waals surface area contributed by atoms with Crippen molar-refractivity contribution in [2.75, 3.05) is 13.1 Å². The van der Waals surface area contributed by atoms with Crippen molar-refractivity contribution in [3.05, 3.63) is 22.3 Å². The number of carbonyl (C=O) groups is 1. The first-order valence-corrected chi connectivity index (χ1v) is 12.2. The maximum Gasteiger partial charge on any atom is 0.310 e. The quantitative estimate of drug-likeness (QED) is 0.646. The second-order valence-electron chi connectivity index (χ2n) is 10.6. The van der Waals surface area contributed by atoms with Crippen LogP contribution in [0.5, 0.6) is 0 Å². The predicted octanol–water partition coefficient (Wildman–Crippen LogP) is 5.62. The Morgan fingerprint density at radius 1 is 1.33 bits per heavy atom. The second-order valence-corrected chi connectivity index (χ2v) is 11.8. The highest BCUT2D eigenvalue weighted by Gasteiger charge is 2.47. The third-order valence-electron chi connectivity index (χ3n) is 7.02.